The second-order valence-corrected chi connectivity index (χ2v) is 9.11. The van der Waals surface area contributed by atoms with E-state index in [0.717, 1.165) is 55.4 Å². The maximum Gasteiger partial charge on any atom is 0.233 e. The summed E-state index contributed by atoms with van der Waals surface area (Å²) in [6, 6.07) is 6.70. The van der Waals surface area contributed by atoms with Gasteiger partial charge in [0.1, 0.15) is 5.82 Å². The molecule has 7 nitrogen and oxygen atoms in total. The summed E-state index contributed by atoms with van der Waals surface area (Å²) in [5.74, 6) is 0.964. The molecule has 0 N–H and O–H groups in total. The second-order valence-electron chi connectivity index (χ2n) is 8.17. The Balaban J connectivity index is 1.42. The molecule has 0 bridgehead atoms. The molecule has 31 heavy (non-hydrogen) atoms. The van der Waals surface area contributed by atoms with Crippen LogP contribution in [0.15, 0.2) is 29.4 Å². The third-order valence-electron chi connectivity index (χ3n) is 6.03. The molecule has 2 fully saturated rings. The van der Waals surface area contributed by atoms with E-state index in [1.54, 1.807) is 12.1 Å². The van der Waals surface area contributed by atoms with Gasteiger partial charge in [0.25, 0.3) is 0 Å². The molecule has 0 spiro atoms. The number of hydrogen-bond donors (Lipinski definition) is 0. The number of carbonyl (C=O) groups is 1. The van der Waals surface area contributed by atoms with E-state index in [9.17, 15) is 9.18 Å². The quantitative estimate of drug-likeness (QED) is 0.607. The van der Waals surface area contributed by atoms with Crippen LogP contribution in [0.5, 0.6) is 0 Å². The van der Waals surface area contributed by atoms with E-state index < -0.39 is 0 Å². The standard InChI is InChI=1S/C22H30FN5O2S/c1-26-21(27-11-13-30-14-12-27)24-25-22(26)31-16-20(29)28(19-5-3-2-4-6-19)15-17-7-9-18(23)10-8-17/h7-10,19H,2-6,11-16H2,1H3. The summed E-state index contributed by atoms with van der Waals surface area (Å²) in [6.07, 6.45) is 5.59. The van der Waals surface area contributed by atoms with Gasteiger partial charge in [0.15, 0.2) is 5.16 Å². The van der Waals surface area contributed by atoms with Crippen molar-refractivity contribution < 1.29 is 13.9 Å². The van der Waals surface area contributed by atoms with Crippen molar-refractivity contribution in [3.63, 3.8) is 0 Å². The minimum Gasteiger partial charge on any atom is -0.378 e. The van der Waals surface area contributed by atoms with Crippen molar-refractivity contribution in [3.8, 4) is 0 Å². The average molecular weight is 448 g/mol. The van der Waals surface area contributed by atoms with Crippen molar-refractivity contribution >= 4 is 23.6 Å². The molecule has 1 aliphatic carbocycles. The lowest BCUT2D eigenvalue weighted by molar-refractivity contribution is -0.132. The van der Waals surface area contributed by atoms with E-state index in [2.05, 4.69) is 15.1 Å². The molecule has 2 aromatic rings. The molecule has 1 aromatic carbocycles. The maximum atomic E-state index is 13.3. The predicted octanol–water partition coefficient (Wildman–Crippen LogP) is 3.24. The number of carbonyl (C=O) groups excluding carboxylic acids is 1. The van der Waals surface area contributed by atoms with Crippen LogP contribution in [0, 0.1) is 5.82 Å². The Labute approximate surface area is 186 Å². The monoisotopic (exact) mass is 447 g/mol. The number of amides is 1. The van der Waals surface area contributed by atoms with E-state index in [-0.39, 0.29) is 17.8 Å². The van der Waals surface area contributed by atoms with Gasteiger partial charge in [0, 0.05) is 32.7 Å². The molecule has 1 aromatic heterocycles. The Morgan fingerprint density at radius 1 is 1.16 bits per heavy atom. The molecule has 1 saturated heterocycles. The van der Waals surface area contributed by atoms with Crippen LogP contribution in [0.3, 0.4) is 0 Å². The van der Waals surface area contributed by atoms with E-state index >= 15 is 0 Å². The molecule has 2 aliphatic rings. The summed E-state index contributed by atoms with van der Waals surface area (Å²) >= 11 is 1.43. The SMILES string of the molecule is Cn1c(SCC(=O)N(Cc2ccc(F)cc2)C2CCCCC2)nnc1N1CCOCC1. The first-order valence-electron chi connectivity index (χ1n) is 11.0. The van der Waals surface area contributed by atoms with E-state index in [1.807, 2.05) is 16.5 Å². The Kier molecular flexibility index (Phi) is 7.45. The average Bonchev–Trinajstić information content (AvgIpc) is 3.18. The summed E-state index contributed by atoms with van der Waals surface area (Å²) < 4.78 is 20.7. The smallest absolute Gasteiger partial charge is 0.233 e. The van der Waals surface area contributed by atoms with Crippen molar-refractivity contribution in [2.75, 3.05) is 37.0 Å². The molecular formula is C22H30FN5O2S. The molecule has 4 rings (SSSR count). The zero-order valence-electron chi connectivity index (χ0n) is 18.0. The van der Waals surface area contributed by atoms with Gasteiger partial charge in [-0.3, -0.25) is 9.36 Å². The van der Waals surface area contributed by atoms with Gasteiger partial charge in [-0.2, -0.15) is 0 Å². The zero-order valence-corrected chi connectivity index (χ0v) is 18.8. The number of aromatic nitrogens is 3. The Morgan fingerprint density at radius 2 is 1.87 bits per heavy atom. The topological polar surface area (TPSA) is 63.5 Å². The van der Waals surface area contributed by atoms with Gasteiger partial charge in [-0.1, -0.05) is 43.2 Å². The summed E-state index contributed by atoms with van der Waals surface area (Å²) in [6.45, 7) is 3.48. The van der Waals surface area contributed by atoms with Crippen LogP contribution in [0.25, 0.3) is 0 Å². The summed E-state index contributed by atoms with van der Waals surface area (Å²) in [7, 11) is 1.94. The van der Waals surface area contributed by atoms with Crippen LogP contribution in [-0.4, -0.2) is 63.7 Å². The lowest BCUT2D eigenvalue weighted by atomic mass is 9.94. The lowest BCUT2D eigenvalue weighted by Gasteiger charge is -2.34. The molecule has 1 amide bonds. The first-order chi connectivity index (χ1) is 15.1. The maximum absolute atomic E-state index is 13.3. The highest BCUT2D eigenvalue weighted by Crippen LogP contribution is 2.27. The van der Waals surface area contributed by atoms with Gasteiger partial charge < -0.3 is 14.5 Å². The number of anilines is 1. The summed E-state index contributed by atoms with van der Waals surface area (Å²) in [5.41, 5.74) is 0.957. The zero-order chi connectivity index (χ0) is 21.6. The van der Waals surface area contributed by atoms with Crippen LogP contribution in [-0.2, 0) is 23.1 Å². The van der Waals surface area contributed by atoms with Crippen molar-refractivity contribution in [1.82, 2.24) is 19.7 Å². The van der Waals surface area contributed by atoms with Crippen molar-refractivity contribution in [2.24, 2.45) is 7.05 Å². The van der Waals surface area contributed by atoms with Gasteiger partial charge in [-0.05, 0) is 30.5 Å². The molecular weight excluding hydrogens is 417 g/mol. The minimum atomic E-state index is -0.256. The second kappa shape index (κ2) is 10.5. The van der Waals surface area contributed by atoms with Gasteiger partial charge in [-0.25, -0.2) is 4.39 Å². The van der Waals surface area contributed by atoms with Gasteiger partial charge in [-0.15, -0.1) is 10.2 Å². The van der Waals surface area contributed by atoms with Crippen LogP contribution < -0.4 is 4.90 Å². The van der Waals surface area contributed by atoms with Gasteiger partial charge >= 0.3 is 0 Å². The number of nitrogens with zero attached hydrogens (tertiary/aromatic N) is 5. The Bertz CT molecular complexity index is 863. The van der Waals surface area contributed by atoms with Crippen LogP contribution in [0.1, 0.15) is 37.7 Å². The van der Waals surface area contributed by atoms with Crippen LogP contribution in [0.4, 0.5) is 10.3 Å². The van der Waals surface area contributed by atoms with E-state index in [0.29, 0.717) is 25.5 Å². The summed E-state index contributed by atoms with van der Waals surface area (Å²) in [4.78, 5) is 17.4. The minimum absolute atomic E-state index is 0.0946. The van der Waals surface area contributed by atoms with Gasteiger partial charge in [0.2, 0.25) is 11.9 Å². The van der Waals surface area contributed by atoms with E-state index in [1.165, 1.54) is 30.3 Å². The molecule has 0 radical (unpaired) electrons. The molecule has 9 heteroatoms. The fourth-order valence-corrected chi connectivity index (χ4v) is 5.07. The molecule has 2 heterocycles. The number of rotatable bonds is 7. The first-order valence-corrected chi connectivity index (χ1v) is 12.0. The van der Waals surface area contributed by atoms with Crippen molar-refractivity contribution in [2.45, 2.75) is 49.8 Å². The Morgan fingerprint density at radius 3 is 2.58 bits per heavy atom. The third kappa shape index (κ3) is 5.57. The highest BCUT2D eigenvalue weighted by molar-refractivity contribution is 7.99. The highest BCUT2D eigenvalue weighted by Gasteiger charge is 2.26. The highest BCUT2D eigenvalue weighted by atomic mass is 32.2. The normalized spacial score (nSPS) is 17.7. The van der Waals surface area contributed by atoms with Crippen molar-refractivity contribution in [3.05, 3.63) is 35.6 Å². The molecule has 168 valence electrons. The predicted molar refractivity (Wildman–Crippen MR) is 119 cm³/mol. The number of thioether (sulfide) groups is 1. The number of halogens is 1. The first kappa shape index (κ1) is 22.1. The fourth-order valence-electron chi connectivity index (χ4n) is 4.28. The number of ether oxygens (including phenoxy) is 1. The fraction of sp³-hybridized carbons (Fsp3) is 0.591. The summed E-state index contributed by atoms with van der Waals surface area (Å²) in [5, 5.41) is 9.38. The number of hydrogen-bond acceptors (Lipinski definition) is 6. The lowest BCUT2D eigenvalue weighted by Crippen LogP contribution is -2.42. The van der Waals surface area contributed by atoms with E-state index in [4.69, 9.17) is 4.74 Å². The van der Waals surface area contributed by atoms with Crippen molar-refractivity contribution in [1.29, 1.82) is 0 Å². The van der Waals surface area contributed by atoms with Gasteiger partial charge in [0.05, 0.1) is 19.0 Å². The third-order valence-corrected chi connectivity index (χ3v) is 7.04. The number of morpholine rings is 1. The largest absolute Gasteiger partial charge is 0.378 e. The number of benzene rings is 1. The molecule has 0 unspecified atom stereocenters. The van der Waals surface area contributed by atoms with Crippen LogP contribution in [0.2, 0.25) is 0 Å². The van der Waals surface area contributed by atoms with Crippen LogP contribution >= 0.6 is 11.8 Å². The molecule has 0 atom stereocenters. The Hall–Kier alpha value is -2.13. The molecule has 1 saturated carbocycles. The molecule has 1 aliphatic heterocycles.